The maximum Gasteiger partial charge on any atom is 0.236 e. The van der Waals surface area contributed by atoms with E-state index in [2.05, 4.69) is 10.1 Å². The Morgan fingerprint density at radius 3 is 2.95 bits per heavy atom. The van der Waals surface area contributed by atoms with Crippen molar-refractivity contribution in [3.05, 3.63) is 41.5 Å². The fourth-order valence-corrected chi connectivity index (χ4v) is 2.49. The summed E-state index contributed by atoms with van der Waals surface area (Å²) in [5, 5.41) is 4.06. The molecule has 0 aliphatic carbocycles. The third-order valence-corrected chi connectivity index (χ3v) is 4.02. The van der Waals surface area contributed by atoms with Gasteiger partial charge in [0.15, 0.2) is 5.82 Å². The van der Waals surface area contributed by atoms with Crippen LogP contribution >= 0.6 is 0 Å². The Labute approximate surface area is 123 Å². The molecule has 1 aromatic carbocycles. The van der Waals surface area contributed by atoms with Gasteiger partial charge in [0.2, 0.25) is 5.89 Å². The van der Waals surface area contributed by atoms with E-state index in [1.165, 1.54) is 0 Å². The summed E-state index contributed by atoms with van der Waals surface area (Å²) in [5.41, 5.74) is 6.69. The van der Waals surface area contributed by atoms with Crippen LogP contribution in [0.15, 0.2) is 28.8 Å². The van der Waals surface area contributed by atoms with Gasteiger partial charge in [0.25, 0.3) is 0 Å². The van der Waals surface area contributed by atoms with Gasteiger partial charge in [-0.1, -0.05) is 23.4 Å². The van der Waals surface area contributed by atoms with Gasteiger partial charge < -0.3 is 19.7 Å². The summed E-state index contributed by atoms with van der Waals surface area (Å²) in [6.07, 6.45) is 0.555. The van der Waals surface area contributed by atoms with E-state index in [9.17, 15) is 0 Å². The molecular formula is C15H19N3O3. The summed E-state index contributed by atoms with van der Waals surface area (Å²) in [4.78, 5) is 4.49. The first-order valence-corrected chi connectivity index (χ1v) is 6.92. The van der Waals surface area contributed by atoms with Crippen molar-refractivity contribution in [3.8, 4) is 5.75 Å². The molecule has 2 N–H and O–H groups in total. The van der Waals surface area contributed by atoms with E-state index in [-0.39, 0.29) is 6.04 Å². The Morgan fingerprint density at radius 1 is 1.43 bits per heavy atom. The number of nitrogens with two attached hydrogens (primary N) is 1. The number of rotatable bonds is 4. The molecule has 0 bridgehead atoms. The lowest BCUT2D eigenvalue weighted by Crippen LogP contribution is -2.42. The van der Waals surface area contributed by atoms with E-state index in [0.717, 1.165) is 11.3 Å². The van der Waals surface area contributed by atoms with Gasteiger partial charge in [-0.2, -0.15) is 4.98 Å². The van der Waals surface area contributed by atoms with Crippen LogP contribution in [0.3, 0.4) is 0 Å². The lowest BCUT2D eigenvalue weighted by molar-refractivity contribution is 0.169. The molecule has 21 heavy (non-hydrogen) atoms. The summed E-state index contributed by atoms with van der Waals surface area (Å²) in [6, 6.07) is 7.66. The Balaban J connectivity index is 1.82. The van der Waals surface area contributed by atoms with Crippen LogP contribution < -0.4 is 10.5 Å². The van der Waals surface area contributed by atoms with Crippen molar-refractivity contribution in [1.82, 2.24) is 10.1 Å². The maximum atomic E-state index is 6.08. The first kappa shape index (κ1) is 14.0. The average molecular weight is 289 g/mol. The number of benzene rings is 1. The molecule has 0 saturated carbocycles. The predicted molar refractivity (Wildman–Crippen MR) is 76.2 cm³/mol. The topological polar surface area (TPSA) is 83.4 Å². The van der Waals surface area contributed by atoms with E-state index in [4.69, 9.17) is 19.7 Å². The van der Waals surface area contributed by atoms with Gasteiger partial charge >= 0.3 is 0 Å². The molecule has 1 fully saturated rings. The number of hydrogen-bond donors (Lipinski definition) is 1. The molecule has 3 rings (SSSR count). The van der Waals surface area contributed by atoms with Gasteiger partial charge in [-0.3, -0.25) is 0 Å². The summed E-state index contributed by atoms with van der Waals surface area (Å²) in [7, 11) is 1.65. The van der Waals surface area contributed by atoms with Crippen LogP contribution in [-0.2, 0) is 16.6 Å². The molecule has 1 aliphatic rings. The molecule has 112 valence electrons. The van der Waals surface area contributed by atoms with Gasteiger partial charge in [-0.05, 0) is 13.0 Å². The molecule has 6 nitrogen and oxygen atoms in total. The summed E-state index contributed by atoms with van der Waals surface area (Å²) >= 11 is 0. The Kier molecular flexibility index (Phi) is 3.65. The molecule has 6 heteroatoms. The van der Waals surface area contributed by atoms with Crippen molar-refractivity contribution in [3.63, 3.8) is 0 Å². The second-order valence-electron chi connectivity index (χ2n) is 5.54. The number of nitrogens with zero attached hydrogens (tertiary/aromatic N) is 2. The van der Waals surface area contributed by atoms with Gasteiger partial charge in [-0.15, -0.1) is 0 Å². The molecule has 2 heterocycles. The average Bonchev–Trinajstić information content (AvgIpc) is 3.08. The van der Waals surface area contributed by atoms with Gasteiger partial charge in [-0.25, -0.2) is 0 Å². The third-order valence-electron chi connectivity index (χ3n) is 4.02. The number of hydrogen-bond acceptors (Lipinski definition) is 6. The minimum absolute atomic E-state index is 0.128. The molecule has 2 atom stereocenters. The Bertz CT molecular complexity index is 628. The Hall–Kier alpha value is -1.92. The number of methoxy groups -OCH3 is 1. The second kappa shape index (κ2) is 5.46. The van der Waals surface area contributed by atoms with Crippen molar-refractivity contribution in [2.45, 2.75) is 24.8 Å². The SMILES string of the molecule is COc1ccccc1Cc1noc(C2(C)COCC2N)n1. The van der Waals surface area contributed by atoms with Crippen LogP contribution in [0, 0.1) is 0 Å². The van der Waals surface area contributed by atoms with Crippen LogP contribution in [0.4, 0.5) is 0 Å². The zero-order valence-electron chi connectivity index (χ0n) is 12.2. The summed E-state index contributed by atoms with van der Waals surface area (Å²) in [6.45, 7) is 3.01. The minimum atomic E-state index is -0.411. The van der Waals surface area contributed by atoms with Gasteiger partial charge in [0.1, 0.15) is 5.75 Å². The molecule has 0 spiro atoms. The zero-order valence-corrected chi connectivity index (χ0v) is 12.2. The van der Waals surface area contributed by atoms with E-state index in [0.29, 0.717) is 31.3 Å². The fourth-order valence-electron chi connectivity index (χ4n) is 2.49. The second-order valence-corrected chi connectivity index (χ2v) is 5.54. The van der Waals surface area contributed by atoms with Crippen LogP contribution in [0.1, 0.15) is 24.2 Å². The highest BCUT2D eigenvalue weighted by Crippen LogP contribution is 2.31. The van der Waals surface area contributed by atoms with Crippen molar-refractivity contribution in [2.24, 2.45) is 5.73 Å². The van der Waals surface area contributed by atoms with Crippen molar-refractivity contribution < 1.29 is 14.0 Å². The van der Waals surface area contributed by atoms with Crippen molar-refractivity contribution in [2.75, 3.05) is 20.3 Å². The molecular weight excluding hydrogens is 270 g/mol. The highest BCUT2D eigenvalue weighted by Gasteiger charge is 2.44. The van der Waals surface area contributed by atoms with Gasteiger partial charge in [0, 0.05) is 18.0 Å². The minimum Gasteiger partial charge on any atom is -0.496 e. The highest BCUT2D eigenvalue weighted by molar-refractivity contribution is 5.35. The molecule has 0 amide bonds. The van der Waals surface area contributed by atoms with Gasteiger partial charge in [0.05, 0.1) is 25.7 Å². The molecule has 1 aliphatic heterocycles. The first-order valence-electron chi connectivity index (χ1n) is 6.92. The molecule has 1 aromatic heterocycles. The normalized spacial score (nSPS) is 25.2. The lowest BCUT2D eigenvalue weighted by Gasteiger charge is -2.21. The molecule has 2 unspecified atom stereocenters. The molecule has 0 radical (unpaired) electrons. The van der Waals surface area contributed by atoms with Crippen LogP contribution in [-0.4, -0.2) is 36.5 Å². The number of aromatic nitrogens is 2. The monoisotopic (exact) mass is 289 g/mol. The first-order chi connectivity index (χ1) is 10.1. The van der Waals surface area contributed by atoms with E-state index in [1.807, 2.05) is 31.2 Å². The number of ether oxygens (including phenoxy) is 2. The van der Waals surface area contributed by atoms with Crippen LogP contribution in [0.2, 0.25) is 0 Å². The standard InChI is InChI=1S/C15H19N3O3/c1-15(9-20-8-12(15)16)14-17-13(18-21-14)7-10-5-3-4-6-11(10)19-2/h3-6,12H,7-9,16H2,1-2H3. The maximum absolute atomic E-state index is 6.08. The third kappa shape index (κ3) is 2.52. The van der Waals surface area contributed by atoms with Crippen LogP contribution in [0.25, 0.3) is 0 Å². The molecule has 2 aromatic rings. The predicted octanol–water partition coefficient (Wildman–Crippen LogP) is 1.28. The fraction of sp³-hybridized carbons (Fsp3) is 0.467. The highest BCUT2D eigenvalue weighted by atomic mass is 16.5. The van der Waals surface area contributed by atoms with Crippen LogP contribution in [0.5, 0.6) is 5.75 Å². The van der Waals surface area contributed by atoms with Crippen molar-refractivity contribution in [1.29, 1.82) is 0 Å². The summed E-state index contributed by atoms with van der Waals surface area (Å²) < 4.78 is 16.2. The van der Waals surface area contributed by atoms with Crippen molar-refractivity contribution >= 4 is 0 Å². The number of para-hydroxylation sites is 1. The van der Waals surface area contributed by atoms with E-state index in [1.54, 1.807) is 7.11 Å². The molecule has 1 saturated heterocycles. The van der Waals surface area contributed by atoms with E-state index >= 15 is 0 Å². The lowest BCUT2D eigenvalue weighted by atomic mass is 9.86. The zero-order chi connectivity index (χ0) is 14.9. The summed E-state index contributed by atoms with van der Waals surface area (Å²) in [5.74, 6) is 1.98. The smallest absolute Gasteiger partial charge is 0.236 e. The largest absolute Gasteiger partial charge is 0.496 e. The Morgan fingerprint density at radius 2 is 2.24 bits per heavy atom. The van der Waals surface area contributed by atoms with E-state index < -0.39 is 5.41 Å². The quantitative estimate of drug-likeness (QED) is 0.913.